The maximum Gasteiger partial charge on any atom is 0.207 e. The summed E-state index contributed by atoms with van der Waals surface area (Å²) in [6, 6.07) is 18.3. The minimum Gasteiger partial charge on any atom is -0.265 e. The van der Waals surface area contributed by atoms with Crippen molar-refractivity contribution in [1.82, 2.24) is 0 Å². The molecule has 19 heavy (non-hydrogen) atoms. The molecule has 0 saturated heterocycles. The highest BCUT2D eigenvalue weighted by molar-refractivity contribution is 7.98. The van der Waals surface area contributed by atoms with E-state index in [1.165, 1.54) is 10.5 Å². The van der Waals surface area contributed by atoms with Crippen molar-refractivity contribution in [2.24, 2.45) is 0 Å². The van der Waals surface area contributed by atoms with Gasteiger partial charge in [-0.1, -0.05) is 42.5 Å². The molecule has 0 radical (unpaired) electrons. The van der Waals surface area contributed by atoms with Gasteiger partial charge in [-0.25, -0.2) is 0 Å². The summed E-state index contributed by atoms with van der Waals surface area (Å²) in [5.41, 5.74) is 2.25. The van der Waals surface area contributed by atoms with Gasteiger partial charge in [-0.15, -0.1) is 11.8 Å². The van der Waals surface area contributed by atoms with Crippen molar-refractivity contribution in [2.45, 2.75) is 17.1 Å². The summed E-state index contributed by atoms with van der Waals surface area (Å²) < 4.78 is 0. The zero-order chi connectivity index (χ0) is 13.5. The molecule has 2 rings (SSSR count). The topological polar surface area (TPSA) is 43.1 Å². The van der Waals surface area contributed by atoms with E-state index in [9.17, 15) is 10.1 Å². The molecule has 0 N–H and O–H groups in total. The number of nitrogens with zero attached hydrogens (tertiary/aromatic N) is 1. The lowest BCUT2D eigenvalue weighted by molar-refractivity contribution is -0.479. The summed E-state index contributed by atoms with van der Waals surface area (Å²) in [7, 11) is 0. The van der Waals surface area contributed by atoms with Gasteiger partial charge in [-0.3, -0.25) is 10.1 Å². The lowest BCUT2D eigenvalue weighted by Gasteiger charge is -2.03. The van der Waals surface area contributed by atoms with E-state index >= 15 is 0 Å². The molecule has 0 saturated carbocycles. The van der Waals surface area contributed by atoms with Crippen molar-refractivity contribution >= 4 is 11.8 Å². The summed E-state index contributed by atoms with van der Waals surface area (Å²) in [5, 5.41) is 10.3. The van der Waals surface area contributed by atoms with Gasteiger partial charge in [-0.05, 0) is 23.3 Å². The lowest BCUT2D eigenvalue weighted by Crippen LogP contribution is -2.03. The van der Waals surface area contributed by atoms with Gasteiger partial charge in [0, 0.05) is 22.0 Å². The van der Waals surface area contributed by atoms with Crippen molar-refractivity contribution in [3.63, 3.8) is 0 Å². The molecule has 2 aromatic carbocycles. The highest BCUT2D eigenvalue weighted by Gasteiger charge is 2.00. The second-order valence-electron chi connectivity index (χ2n) is 4.22. The van der Waals surface area contributed by atoms with Crippen LogP contribution in [0, 0.1) is 10.1 Å². The summed E-state index contributed by atoms with van der Waals surface area (Å²) in [6.07, 6.45) is 0.499. The summed E-state index contributed by atoms with van der Waals surface area (Å²) >= 11 is 1.79. The molecule has 0 atom stereocenters. The molecule has 3 nitrogen and oxygen atoms in total. The molecule has 98 valence electrons. The number of thioether (sulfide) groups is 1. The van der Waals surface area contributed by atoms with E-state index in [4.69, 9.17) is 0 Å². The predicted molar refractivity (Wildman–Crippen MR) is 78.0 cm³/mol. The maximum absolute atomic E-state index is 10.3. The van der Waals surface area contributed by atoms with E-state index in [1.54, 1.807) is 11.8 Å². The molecule has 0 aliphatic rings. The molecular formula is C15H15NO2S. The molecule has 4 heteroatoms. The van der Waals surface area contributed by atoms with Gasteiger partial charge in [0.15, 0.2) is 0 Å². The minimum absolute atomic E-state index is 0.00187. The molecule has 0 aliphatic carbocycles. The van der Waals surface area contributed by atoms with Crippen LogP contribution in [-0.2, 0) is 12.2 Å². The fraction of sp³-hybridized carbons (Fsp3) is 0.200. The SMILES string of the molecule is O=[N+]([O-])CCc1ccc(CSc2ccccc2)cc1. The number of benzene rings is 2. The van der Waals surface area contributed by atoms with Crippen LogP contribution >= 0.6 is 11.8 Å². The largest absolute Gasteiger partial charge is 0.265 e. The minimum atomic E-state index is -0.279. The molecule has 0 spiro atoms. The van der Waals surface area contributed by atoms with Crippen LogP contribution < -0.4 is 0 Å². The Morgan fingerprint density at radius 1 is 0.947 bits per heavy atom. The Morgan fingerprint density at radius 2 is 1.58 bits per heavy atom. The standard InChI is InChI=1S/C15H15NO2S/c17-16(18)11-10-13-6-8-14(9-7-13)12-19-15-4-2-1-3-5-15/h1-9H,10-12H2. The van der Waals surface area contributed by atoms with Gasteiger partial charge < -0.3 is 0 Å². The van der Waals surface area contributed by atoms with Crippen LogP contribution in [0.4, 0.5) is 0 Å². The third kappa shape index (κ3) is 4.75. The molecule has 0 amide bonds. The molecule has 0 heterocycles. The Labute approximate surface area is 116 Å². The Hall–Kier alpha value is -1.81. The molecule has 0 aliphatic heterocycles. The Kier molecular flexibility index (Phi) is 4.98. The highest BCUT2D eigenvalue weighted by atomic mass is 32.2. The quantitative estimate of drug-likeness (QED) is 0.457. The average molecular weight is 273 g/mol. The second kappa shape index (κ2) is 6.95. The third-order valence-corrected chi connectivity index (χ3v) is 3.84. The Morgan fingerprint density at radius 3 is 2.21 bits per heavy atom. The number of hydrogen-bond acceptors (Lipinski definition) is 3. The lowest BCUT2D eigenvalue weighted by atomic mass is 10.1. The van der Waals surface area contributed by atoms with Crippen LogP contribution in [0.1, 0.15) is 11.1 Å². The summed E-state index contributed by atoms with van der Waals surface area (Å²) in [6.45, 7) is -0.00187. The fourth-order valence-electron chi connectivity index (χ4n) is 1.71. The van der Waals surface area contributed by atoms with Crippen molar-refractivity contribution in [3.05, 3.63) is 75.8 Å². The van der Waals surface area contributed by atoms with E-state index in [0.717, 1.165) is 11.3 Å². The third-order valence-electron chi connectivity index (χ3n) is 2.75. The highest BCUT2D eigenvalue weighted by Crippen LogP contribution is 2.22. The normalized spacial score (nSPS) is 10.3. The van der Waals surface area contributed by atoms with E-state index in [0.29, 0.717) is 6.42 Å². The second-order valence-corrected chi connectivity index (χ2v) is 5.27. The molecule has 0 unspecified atom stereocenters. The monoisotopic (exact) mass is 273 g/mol. The molecule has 0 fully saturated rings. The van der Waals surface area contributed by atoms with Gasteiger partial charge in [0.25, 0.3) is 0 Å². The van der Waals surface area contributed by atoms with E-state index < -0.39 is 0 Å². The summed E-state index contributed by atoms with van der Waals surface area (Å²) in [4.78, 5) is 11.3. The van der Waals surface area contributed by atoms with Crippen LogP contribution in [-0.4, -0.2) is 11.5 Å². The zero-order valence-corrected chi connectivity index (χ0v) is 11.3. The van der Waals surface area contributed by atoms with E-state index in [-0.39, 0.29) is 11.5 Å². The first-order valence-electron chi connectivity index (χ1n) is 6.11. The first-order valence-corrected chi connectivity index (χ1v) is 7.10. The fourth-order valence-corrected chi connectivity index (χ4v) is 2.58. The van der Waals surface area contributed by atoms with Gasteiger partial charge in [0.1, 0.15) is 0 Å². The zero-order valence-electron chi connectivity index (χ0n) is 10.5. The van der Waals surface area contributed by atoms with Crippen LogP contribution in [0.2, 0.25) is 0 Å². The molecule has 0 aromatic heterocycles. The smallest absolute Gasteiger partial charge is 0.207 e. The number of nitro groups is 1. The molecule has 0 bridgehead atoms. The summed E-state index contributed by atoms with van der Waals surface area (Å²) in [5.74, 6) is 0.916. The van der Waals surface area contributed by atoms with Crippen LogP contribution in [0.15, 0.2) is 59.5 Å². The van der Waals surface area contributed by atoms with Crippen LogP contribution in [0.5, 0.6) is 0 Å². The van der Waals surface area contributed by atoms with Crippen molar-refractivity contribution in [2.75, 3.05) is 6.54 Å². The van der Waals surface area contributed by atoms with Gasteiger partial charge in [-0.2, -0.15) is 0 Å². The van der Waals surface area contributed by atoms with Crippen molar-refractivity contribution in [3.8, 4) is 0 Å². The van der Waals surface area contributed by atoms with E-state index in [2.05, 4.69) is 12.1 Å². The average Bonchev–Trinajstić information content (AvgIpc) is 2.45. The van der Waals surface area contributed by atoms with Gasteiger partial charge in [0.2, 0.25) is 6.54 Å². The van der Waals surface area contributed by atoms with Crippen LogP contribution in [0.3, 0.4) is 0 Å². The number of rotatable bonds is 6. The predicted octanol–water partition coefficient (Wildman–Crippen LogP) is 3.80. The Balaban J connectivity index is 1.86. The van der Waals surface area contributed by atoms with Crippen LogP contribution in [0.25, 0.3) is 0 Å². The first-order chi connectivity index (χ1) is 9.24. The number of hydrogen-bond donors (Lipinski definition) is 0. The van der Waals surface area contributed by atoms with E-state index in [1.807, 2.05) is 42.5 Å². The molecule has 2 aromatic rings. The first kappa shape index (κ1) is 13.6. The van der Waals surface area contributed by atoms with Crippen molar-refractivity contribution in [1.29, 1.82) is 0 Å². The van der Waals surface area contributed by atoms with Gasteiger partial charge >= 0.3 is 0 Å². The van der Waals surface area contributed by atoms with Crippen molar-refractivity contribution < 1.29 is 4.92 Å². The maximum atomic E-state index is 10.3. The van der Waals surface area contributed by atoms with Gasteiger partial charge in [0.05, 0.1) is 0 Å². The molecular weight excluding hydrogens is 258 g/mol. The Bertz CT molecular complexity index is 526.